The number of aromatic nitrogens is 2. The Kier molecular flexibility index (Phi) is 6.61. The highest BCUT2D eigenvalue weighted by Gasteiger charge is 2.17. The monoisotopic (exact) mass is 517 g/mol. The number of rotatable bonds is 7. The third-order valence-electron chi connectivity index (χ3n) is 5.54. The Morgan fingerprint density at radius 2 is 1.92 bits per heavy atom. The van der Waals surface area contributed by atoms with E-state index in [9.17, 15) is 9.59 Å². The molecule has 5 aromatic rings. The first-order valence-corrected chi connectivity index (χ1v) is 11.5. The number of carbonyl (C=O) groups is 1. The van der Waals surface area contributed by atoms with Crippen molar-refractivity contribution in [1.29, 1.82) is 0 Å². The van der Waals surface area contributed by atoms with Crippen LogP contribution in [0.15, 0.2) is 81.0 Å². The van der Waals surface area contributed by atoms with Gasteiger partial charge in [-0.05, 0) is 60.2 Å². The van der Waals surface area contributed by atoms with Gasteiger partial charge in [-0.15, -0.1) is 0 Å². The molecular weight excluding hydrogens is 498 g/mol. The van der Waals surface area contributed by atoms with Crippen molar-refractivity contribution in [1.82, 2.24) is 9.66 Å². The highest BCUT2D eigenvalue weighted by Crippen LogP contribution is 2.30. The van der Waals surface area contributed by atoms with Crippen molar-refractivity contribution >= 4 is 45.7 Å². The molecule has 10 heteroatoms. The van der Waals surface area contributed by atoms with Crippen LogP contribution < -0.4 is 15.0 Å². The van der Waals surface area contributed by atoms with E-state index in [1.807, 2.05) is 0 Å². The number of hydrogen-bond acceptors (Lipinski definition) is 8. The van der Waals surface area contributed by atoms with Crippen molar-refractivity contribution < 1.29 is 23.4 Å². The van der Waals surface area contributed by atoms with Crippen LogP contribution >= 0.6 is 11.6 Å². The van der Waals surface area contributed by atoms with Crippen LogP contribution in [0, 0.1) is 0 Å². The molecule has 186 valence electrons. The Labute approximate surface area is 215 Å². The van der Waals surface area contributed by atoms with Gasteiger partial charge in [0.05, 0.1) is 31.3 Å². The second-order valence-electron chi connectivity index (χ2n) is 7.88. The molecule has 0 spiro atoms. The van der Waals surface area contributed by atoms with Gasteiger partial charge in [-0.3, -0.25) is 4.79 Å². The fourth-order valence-electron chi connectivity index (χ4n) is 3.72. The van der Waals surface area contributed by atoms with Gasteiger partial charge in [0.15, 0.2) is 23.9 Å². The van der Waals surface area contributed by atoms with Crippen molar-refractivity contribution in [2.45, 2.75) is 0 Å². The van der Waals surface area contributed by atoms with Gasteiger partial charge in [0.25, 0.3) is 5.56 Å². The molecule has 0 saturated carbocycles. The number of carbonyl (C=O) groups excluding carboxylic acids is 1. The maximum Gasteiger partial charge on any atom is 0.343 e. The Hall–Kier alpha value is -4.63. The average Bonchev–Trinajstić information content (AvgIpc) is 3.34. The van der Waals surface area contributed by atoms with Crippen LogP contribution in [0.5, 0.6) is 11.5 Å². The van der Waals surface area contributed by atoms with E-state index in [0.717, 1.165) is 5.39 Å². The highest BCUT2D eigenvalue weighted by atomic mass is 35.5. The largest absolute Gasteiger partial charge is 0.493 e. The minimum atomic E-state index is -0.517. The molecule has 2 aromatic heterocycles. The molecule has 0 aliphatic rings. The SMILES string of the molecule is COC(=O)COc1ccc(C=Nn2c(-c3cc4cc(Cl)ccc4o3)nc3ccccc3c2=O)cc1OC. The number of benzene rings is 3. The van der Waals surface area contributed by atoms with Crippen molar-refractivity contribution in [2.75, 3.05) is 20.8 Å². The predicted octanol–water partition coefficient (Wildman–Crippen LogP) is 4.91. The van der Waals surface area contributed by atoms with Crippen molar-refractivity contribution in [3.05, 3.63) is 87.7 Å². The summed E-state index contributed by atoms with van der Waals surface area (Å²) in [5, 5.41) is 6.19. The summed E-state index contributed by atoms with van der Waals surface area (Å²) >= 11 is 6.13. The van der Waals surface area contributed by atoms with Crippen LogP contribution in [-0.4, -0.2) is 42.7 Å². The van der Waals surface area contributed by atoms with E-state index in [2.05, 4.69) is 14.8 Å². The number of furan rings is 1. The fraction of sp³-hybridized carbons (Fsp3) is 0.111. The standard InChI is InChI=1S/C27H20ClN3O6/c1-34-23-11-16(7-9-22(23)36-15-25(32)35-2)14-29-31-26(30-20-6-4-3-5-19(20)27(31)33)24-13-17-12-18(28)8-10-21(17)37-24/h3-14H,15H2,1-2H3. The van der Waals surface area contributed by atoms with Gasteiger partial charge in [0.1, 0.15) is 5.58 Å². The van der Waals surface area contributed by atoms with Gasteiger partial charge in [-0.2, -0.15) is 9.78 Å². The van der Waals surface area contributed by atoms with E-state index in [4.69, 9.17) is 25.5 Å². The van der Waals surface area contributed by atoms with Gasteiger partial charge < -0.3 is 18.6 Å². The summed E-state index contributed by atoms with van der Waals surface area (Å²) < 4.78 is 22.6. The van der Waals surface area contributed by atoms with Crippen LogP contribution in [0.1, 0.15) is 5.56 Å². The molecule has 0 saturated heterocycles. The minimum absolute atomic E-state index is 0.234. The number of halogens is 1. The Morgan fingerprint density at radius 1 is 1.08 bits per heavy atom. The maximum absolute atomic E-state index is 13.4. The lowest BCUT2D eigenvalue weighted by atomic mass is 10.2. The van der Waals surface area contributed by atoms with Crippen LogP contribution in [0.25, 0.3) is 33.5 Å². The third-order valence-corrected chi connectivity index (χ3v) is 5.77. The van der Waals surface area contributed by atoms with E-state index in [0.29, 0.717) is 44.3 Å². The predicted molar refractivity (Wildman–Crippen MR) is 140 cm³/mol. The van der Waals surface area contributed by atoms with E-state index in [-0.39, 0.29) is 18.0 Å². The van der Waals surface area contributed by atoms with Gasteiger partial charge in [-0.1, -0.05) is 23.7 Å². The summed E-state index contributed by atoms with van der Waals surface area (Å²) in [6, 6.07) is 19.0. The molecule has 0 fully saturated rings. The van der Waals surface area contributed by atoms with E-state index in [1.54, 1.807) is 66.7 Å². The summed E-state index contributed by atoms with van der Waals surface area (Å²) in [5.41, 5.74) is 1.37. The number of hydrogen-bond donors (Lipinski definition) is 0. The number of esters is 1. The molecule has 0 amide bonds. The maximum atomic E-state index is 13.4. The minimum Gasteiger partial charge on any atom is -0.493 e. The summed E-state index contributed by atoms with van der Waals surface area (Å²) in [4.78, 5) is 29.5. The van der Waals surface area contributed by atoms with E-state index in [1.165, 1.54) is 25.1 Å². The summed E-state index contributed by atoms with van der Waals surface area (Å²) in [5.74, 6) is 0.817. The zero-order valence-corrected chi connectivity index (χ0v) is 20.6. The van der Waals surface area contributed by atoms with E-state index < -0.39 is 5.97 Å². The molecule has 37 heavy (non-hydrogen) atoms. The molecular formula is C27H20ClN3O6. The smallest absolute Gasteiger partial charge is 0.343 e. The molecule has 0 unspecified atom stereocenters. The lowest BCUT2D eigenvalue weighted by molar-refractivity contribution is -0.142. The zero-order valence-electron chi connectivity index (χ0n) is 19.8. The van der Waals surface area contributed by atoms with Crippen LogP contribution in [0.4, 0.5) is 0 Å². The van der Waals surface area contributed by atoms with Gasteiger partial charge >= 0.3 is 5.97 Å². The molecule has 0 atom stereocenters. The van der Waals surface area contributed by atoms with E-state index >= 15 is 0 Å². The molecule has 0 aliphatic heterocycles. The van der Waals surface area contributed by atoms with Crippen LogP contribution in [0.2, 0.25) is 5.02 Å². The second kappa shape index (κ2) is 10.2. The molecule has 9 nitrogen and oxygen atoms in total. The molecule has 0 N–H and O–H groups in total. The quantitative estimate of drug-likeness (QED) is 0.223. The first-order chi connectivity index (χ1) is 18.0. The Morgan fingerprint density at radius 3 is 2.73 bits per heavy atom. The van der Waals surface area contributed by atoms with Gasteiger partial charge in [-0.25, -0.2) is 9.78 Å². The second-order valence-corrected chi connectivity index (χ2v) is 8.32. The number of ether oxygens (including phenoxy) is 3. The highest BCUT2D eigenvalue weighted by molar-refractivity contribution is 6.31. The molecule has 5 rings (SSSR count). The van der Waals surface area contributed by atoms with Gasteiger partial charge in [0, 0.05) is 10.4 Å². The molecule has 0 radical (unpaired) electrons. The van der Waals surface area contributed by atoms with Crippen LogP contribution in [0.3, 0.4) is 0 Å². The topological polar surface area (TPSA) is 105 Å². The first-order valence-electron chi connectivity index (χ1n) is 11.1. The molecule has 2 heterocycles. The summed E-state index contributed by atoms with van der Waals surface area (Å²) in [6.45, 7) is -0.259. The number of fused-ring (bicyclic) bond motifs is 2. The summed E-state index contributed by atoms with van der Waals surface area (Å²) in [6.07, 6.45) is 1.49. The zero-order chi connectivity index (χ0) is 25.9. The number of nitrogens with zero attached hydrogens (tertiary/aromatic N) is 3. The normalized spacial score (nSPS) is 11.3. The fourth-order valence-corrected chi connectivity index (χ4v) is 3.90. The lowest BCUT2D eigenvalue weighted by Gasteiger charge is -2.10. The molecule has 0 bridgehead atoms. The molecule has 3 aromatic carbocycles. The van der Waals surface area contributed by atoms with Crippen molar-refractivity contribution in [3.8, 4) is 23.1 Å². The number of para-hydroxylation sites is 1. The van der Waals surface area contributed by atoms with Crippen LogP contribution in [-0.2, 0) is 9.53 Å². The average molecular weight is 518 g/mol. The molecule has 0 aliphatic carbocycles. The Bertz CT molecular complexity index is 1720. The number of methoxy groups -OCH3 is 2. The Balaban J connectivity index is 1.58. The van der Waals surface area contributed by atoms with Crippen molar-refractivity contribution in [3.63, 3.8) is 0 Å². The first kappa shape index (κ1) is 24.1. The van der Waals surface area contributed by atoms with Crippen molar-refractivity contribution in [2.24, 2.45) is 5.10 Å². The summed E-state index contributed by atoms with van der Waals surface area (Å²) in [7, 11) is 2.76. The lowest BCUT2D eigenvalue weighted by Crippen LogP contribution is -2.20. The third kappa shape index (κ3) is 4.89. The van der Waals surface area contributed by atoms with Gasteiger partial charge in [0.2, 0.25) is 5.82 Å².